The average Bonchev–Trinajstić information content (AvgIpc) is 3.55. The van der Waals surface area contributed by atoms with Crippen LogP contribution in [-0.4, -0.2) is 16.8 Å². The van der Waals surface area contributed by atoms with Crippen molar-refractivity contribution < 1.29 is 14.0 Å². The number of anilines is 2. The van der Waals surface area contributed by atoms with Gasteiger partial charge in [-0.15, -0.1) is 0 Å². The molecule has 1 fully saturated rings. The maximum absolute atomic E-state index is 13.3. The summed E-state index contributed by atoms with van der Waals surface area (Å²) in [6.07, 6.45) is 4.67. The molecule has 1 saturated carbocycles. The number of aromatic nitrogens is 1. The minimum atomic E-state index is -0.566. The zero-order valence-corrected chi connectivity index (χ0v) is 16.0. The molecule has 1 heterocycles. The lowest BCUT2D eigenvalue weighted by molar-refractivity contribution is 0.101. The van der Waals surface area contributed by atoms with Crippen LogP contribution < -0.4 is 10.6 Å². The Balaban J connectivity index is 1.51. The SMILES string of the molecule is O=C(Nc1ccc(Cl)c(C(=O)Nc2cncc(F)c2)c1)c1cccc(C2CC2)c1. The highest BCUT2D eigenvalue weighted by Gasteiger charge is 2.24. The number of hydrogen-bond donors (Lipinski definition) is 2. The lowest BCUT2D eigenvalue weighted by Crippen LogP contribution is -2.15. The monoisotopic (exact) mass is 409 g/mol. The first-order valence-electron chi connectivity index (χ1n) is 9.12. The van der Waals surface area contributed by atoms with Gasteiger partial charge in [-0.05, 0) is 54.7 Å². The molecule has 0 unspecified atom stereocenters. The van der Waals surface area contributed by atoms with Gasteiger partial charge < -0.3 is 10.6 Å². The van der Waals surface area contributed by atoms with E-state index in [0.29, 0.717) is 17.2 Å². The van der Waals surface area contributed by atoms with Crippen LogP contribution in [0.25, 0.3) is 0 Å². The largest absolute Gasteiger partial charge is 0.322 e. The summed E-state index contributed by atoms with van der Waals surface area (Å²) in [6, 6.07) is 13.3. The fourth-order valence-corrected chi connectivity index (χ4v) is 3.21. The minimum absolute atomic E-state index is 0.153. The highest BCUT2D eigenvalue weighted by Crippen LogP contribution is 2.40. The van der Waals surface area contributed by atoms with Crippen molar-refractivity contribution in [1.82, 2.24) is 4.98 Å². The number of amides is 2. The number of nitrogens with zero attached hydrogens (tertiary/aromatic N) is 1. The predicted octanol–water partition coefficient (Wildman–Crippen LogP) is 5.26. The lowest BCUT2D eigenvalue weighted by Gasteiger charge is -2.10. The molecule has 4 rings (SSSR count). The molecule has 3 aromatic rings. The summed E-state index contributed by atoms with van der Waals surface area (Å²) in [4.78, 5) is 28.8. The second-order valence-corrected chi connectivity index (χ2v) is 7.30. The van der Waals surface area contributed by atoms with E-state index in [-0.39, 0.29) is 22.2 Å². The van der Waals surface area contributed by atoms with Gasteiger partial charge in [0.2, 0.25) is 0 Å². The van der Waals surface area contributed by atoms with Gasteiger partial charge in [0, 0.05) is 17.3 Å². The zero-order valence-electron chi connectivity index (χ0n) is 15.3. The molecule has 0 radical (unpaired) electrons. The van der Waals surface area contributed by atoms with E-state index in [0.717, 1.165) is 30.7 Å². The van der Waals surface area contributed by atoms with Crippen LogP contribution in [0.5, 0.6) is 0 Å². The molecule has 1 aliphatic carbocycles. The Morgan fingerprint density at radius 1 is 0.966 bits per heavy atom. The standard InChI is InChI=1S/C22H17ClFN3O2/c23-20-7-6-17(10-19(20)22(29)27-18-9-16(24)11-25-12-18)26-21(28)15-3-1-2-14(8-15)13-4-5-13/h1-3,6-13H,4-5H2,(H,26,28)(H,27,29). The van der Waals surface area contributed by atoms with E-state index < -0.39 is 11.7 Å². The number of carbonyl (C=O) groups is 2. The van der Waals surface area contributed by atoms with E-state index in [1.807, 2.05) is 18.2 Å². The van der Waals surface area contributed by atoms with E-state index >= 15 is 0 Å². The molecule has 2 aromatic carbocycles. The number of nitrogens with one attached hydrogen (secondary N) is 2. The highest BCUT2D eigenvalue weighted by molar-refractivity contribution is 6.34. The minimum Gasteiger partial charge on any atom is -0.322 e. The number of rotatable bonds is 5. The second kappa shape index (κ2) is 8.01. The smallest absolute Gasteiger partial charge is 0.257 e. The molecule has 29 heavy (non-hydrogen) atoms. The summed E-state index contributed by atoms with van der Waals surface area (Å²) in [5, 5.41) is 5.54. The van der Waals surface area contributed by atoms with Gasteiger partial charge >= 0.3 is 0 Å². The zero-order chi connectivity index (χ0) is 20.4. The van der Waals surface area contributed by atoms with Gasteiger partial charge in [0.25, 0.3) is 11.8 Å². The Morgan fingerprint density at radius 3 is 2.52 bits per heavy atom. The Morgan fingerprint density at radius 2 is 1.76 bits per heavy atom. The first-order chi connectivity index (χ1) is 14.0. The summed E-state index contributed by atoms with van der Waals surface area (Å²) >= 11 is 6.14. The molecule has 0 bridgehead atoms. The van der Waals surface area contributed by atoms with Crippen LogP contribution in [-0.2, 0) is 0 Å². The molecule has 5 nitrogen and oxygen atoms in total. The molecule has 7 heteroatoms. The van der Waals surface area contributed by atoms with Crippen LogP contribution in [0.15, 0.2) is 60.9 Å². The van der Waals surface area contributed by atoms with Crippen LogP contribution >= 0.6 is 11.6 Å². The average molecular weight is 410 g/mol. The predicted molar refractivity (Wildman–Crippen MR) is 110 cm³/mol. The quantitative estimate of drug-likeness (QED) is 0.604. The van der Waals surface area contributed by atoms with Gasteiger partial charge in [0.05, 0.1) is 28.7 Å². The number of carbonyl (C=O) groups excluding carboxylic acids is 2. The molecular formula is C22H17ClFN3O2. The van der Waals surface area contributed by atoms with Gasteiger partial charge in [-0.3, -0.25) is 14.6 Å². The lowest BCUT2D eigenvalue weighted by atomic mass is 10.1. The van der Waals surface area contributed by atoms with Crippen LogP contribution in [0.2, 0.25) is 5.02 Å². The first kappa shape index (κ1) is 19.1. The Hall–Kier alpha value is -3.25. The number of halogens is 2. The summed E-state index contributed by atoms with van der Waals surface area (Å²) < 4.78 is 13.3. The maximum atomic E-state index is 13.3. The molecule has 2 amide bonds. The molecule has 1 aromatic heterocycles. The van der Waals surface area contributed by atoms with E-state index in [1.165, 1.54) is 18.3 Å². The Kier molecular flexibility index (Phi) is 5.27. The molecule has 1 aliphatic rings. The van der Waals surface area contributed by atoms with Crippen molar-refractivity contribution in [3.8, 4) is 0 Å². The molecular weight excluding hydrogens is 393 g/mol. The molecule has 146 valence electrons. The van der Waals surface area contributed by atoms with Crippen molar-refractivity contribution in [2.24, 2.45) is 0 Å². The van der Waals surface area contributed by atoms with Gasteiger partial charge in [-0.2, -0.15) is 0 Å². The normalized spacial score (nSPS) is 13.0. The third-order valence-corrected chi connectivity index (χ3v) is 4.96. The van der Waals surface area contributed by atoms with E-state index in [9.17, 15) is 14.0 Å². The molecule has 2 N–H and O–H groups in total. The van der Waals surface area contributed by atoms with Crippen LogP contribution in [0.1, 0.15) is 45.0 Å². The van der Waals surface area contributed by atoms with E-state index in [4.69, 9.17) is 11.6 Å². The third kappa shape index (κ3) is 4.60. The summed E-state index contributed by atoms with van der Waals surface area (Å²) in [6.45, 7) is 0. The summed E-state index contributed by atoms with van der Waals surface area (Å²) in [5.41, 5.74) is 2.51. The third-order valence-electron chi connectivity index (χ3n) is 4.63. The van der Waals surface area contributed by atoms with Crippen LogP contribution in [0, 0.1) is 5.82 Å². The van der Waals surface area contributed by atoms with E-state index in [2.05, 4.69) is 15.6 Å². The molecule has 0 saturated heterocycles. The number of benzene rings is 2. The van der Waals surface area contributed by atoms with Gasteiger partial charge in [-0.1, -0.05) is 23.7 Å². The topological polar surface area (TPSA) is 71.1 Å². The summed E-state index contributed by atoms with van der Waals surface area (Å²) in [7, 11) is 0. The maximum Gasteiger partial charge on any atom is 0.257 e. The highest BCUT2D eigenvalue weighted by atomic mass is 35.5. The van der Waals surface area contributed by atoms with Crippen molar-refractivity contribution >= 4 is 34.8 Å². The second-order valence-electron chi connectivity index (χ2n) is 6.89. The van der Waals surface area contributed by atoms with Crippen molar-refractivity contribution in [2.75, 3.05) is 10.6 Å². The molecule has 0 atom stereocenters. The van der Waals surface area contributed by atoms with Crippen LogP contribution in [0.3, 0.4) is 0 Å². The van der Waals surface area contributed by atoms with Gasteiger partial charge in [0.1, 0.15) is 5.82 Å². The van der Waals surface area contributed by atoms with Crippen molar-refractivity contribution in [2.45, 2.75) is 18.8 Å². The summed E-state index contributed by atoms with van der Waals surface area (Å²) in [5.74, 6) is -0.820. The Bertz CT molecular complexity index is 1100. The van der Waals surface area contributed by atoms with Gasteiger partial charge in [-0.25, -0.2) is 4.39 Å². The number of pyridine rings is 1. The van der Waals surface area contributed by atoms with Crippen LogP contribution in [0.4, 0.5) is 15.8 Å². The van der Waals surface area contributed by atoms with E-state index in [1.54, 1.807) is 12.1 Å². The van der Waals surface area contributed by atoms with Crippen molar-refractivity contribution in [1.29, 1.82) is 0 Å². The van der Waals surface area contributed by atoms with Gasteiger partial charge in [0.15, 0.2) is 0 Å². The first-order valence-corrected chi connectivity index (χ1v) is 9.50. The Labute approximate surface area is 171 Å². The fraction of sp³-hybridized carbons (Fsp3) is 0.136. The van der Waals surface area contributed by atoms with Crippen molar-refractivity contribution in [3.05, 3.63) is 88.5 Å². The molecule has 0 aliphatic heterocycles. The fourth-order valence-electron chi connectivity index (χ4n) is 3.01. The molecule has 0 spiro atoms. The number of hydrogen-bond acceptors (Lipinski definition) is 3. The van der Waals surface area contributed by atoms with Crippen molar-refractivity contribution in [3.63, 3.8) is 0 Å².